The minimum Gasteiger partial charge on any atom is -0.467 e. The zero-order chi connectivity index (χ0) is 19.3. The van der Waals surface area contributed by atoms with Gasteiger partial charge < -0.3 is 10.1 Å². The van der Waals surface area contributed by atoms with Crippen molar-refractivity contribution in [3.05, 3.63) is 64.5 Å². The van der Waals surface area contributed by atoms with Crippen LogP contribution in [0.3, 0.4) is 0 Å². The molecule has 1 atom stereocenters. The number of benzene rings is 2. The number of methoxy groups -OCH3 is 1. The largest absolute Gasteiger partial charge is 0.467 e. The van der Waals surface area contributed by atoms with Crippen molar-refractivity contribution in [3.63, 3.8) is 0 Å². The molecule has 0 bridgehead atoms. The molecule has 0 heterocycles. The van der Waals surface area contributed by atoms with Crippen molar-refractivity contribution in [2.24, 2.45) is 0 Å². The van der Waals surface area contributed by atoms with E-state index < -0.39 is 46.3 Å². The number of nitrogens with one attached hydrogen (secondary N) is 1. The lowest BCUT2D eigenvalue weighted by molar-refractivity contribution is -0.141. The first-order valence-corrected chi connectivity index (χ1v) is 7.33. The molecule has 0 unspecified atom stereocenters. The number of halogens is 3. The number of hydrogen-bond acceptors (Lipinski definition) is 5. The highest BCUT2D eigenvalue weighted by Gasteiger charge is 2.29. The van der Waals surface area contributed by atoms with Gasteiger partial charge in [0.25, 0.3) is 0 Å². The molecule has 0 saturated carbocycles. The molecule has 0 spiro atoms. The van der Waals surface area contributed by atoms with Gasteiger partial charge >= 0.3 is 5.97 Å². The minimum atomic E-state index is -1.74. The molecule has 2 rings (SSSR count). The lowest BCUT2D eigenvalue weighted by atomic mass is 10.0. The van der Waals surface area contributed by atoms with Crippen LogP contribution >= 0.6 is 0 Å². The van der Waals surface area contributed by atoms with Gasteiger partial charge in [0.2, 0.25) is 0 Å². The summed E-state index contributed by atoms with van der Waals surface area (Å²) in [4.78, 5) is 12.0. The Morgan fingerprint density at radius 3 is 2.23 bits per heavy atom. The Balaban J connectivity index is 2.50. The first-order chi connectivity index (χ1) is 12.4. The molecule has 2 aromatic rings. The van der Waals surface area contributed by atoms with E-state index in [4.69, 9.17) is 10.5 Å². The van der Waals surface area contributed by atoms with Crippen LogP contribution in [0.15, 0.2) is 30.3 Å². The van der Waals surface area contributed by atoms with Crippen LogP contribution in [-0.2, 0) is 16.0 Å². The van der Waals surface area contributed by atoms with Crippen LogP contribution in [0.2, 0.25) is 0 Å². The molecule has 8 heteroatoms. The highest BCUT2D eigenvalue weighted by atomic mass is 19.2. The molecule has 0 amide bonds. The maximum atomic E-state index is 14.3. The van der Waals surface area contributed by atoms with Crippen molar-refractivity contribution in [1.82, 2.24) is 0 Å². The summed E-state index contributed by atoms with van der Waals surface area (Å²) in [6.07, 6.45) is 0.0149. The Bertz CT molecular complexity index is 918. The third-order valence-corrected chi connectivity index (χ3v) is 3.63. The lowest BCUT2D eigenvalue weighted by Gasteiger charge is -2.19. The van der Waals surface area contributed by atoms with Crippen molar-refractivity contribution in [3.8, 4) is 12.1 Å². The van der Waals surface area contributed by atoms with Crippen LogP contribution in [-0.4, -0.2) is 19.1 Å². The van der Waals surface area contributed by atoms with E-state index in [1.807, 2.05) is 0 Å². The number of nitrogens with zero attached hydrogens (tertiary/aromatic N) is 2. The van der Waals surface area contributed by atoms with Gasteiger partial charge in [-0.15, -0.1) is 0 Å². The number of esters is 1. The average Bonchev–Trinajstić information content (AvgIpc) is 2.66. The first kappa shape index (κ1) is 18.8. The normalized spacial score (nSPS) is 11.2. The summed E-state index contributed by atoms with van der Waals surface area (Å²) in [7, 11) is 1.10. The Hall–Kier alpha value is -3.52. The van der Waals surface area contributed by atoms with E-state index >= 15 is 0 Å². The number of ether oxygens (including phenoxy) is 1. The standard InChI is InChI=1S/C18H12F3N3O2/c1-26-18(25)13(7-10-5-3-2-4-6-10)24-17-12(9-23)14(19)11(8-22)15(20)16(17)21/h2-6,13,24H,7H2,1H3/t13-/m0/s1. The summed E-state index contributed by atoms with van der Waals surface area (Å²) >= 11 is 0. The van der Waals surface area contributed by atoms with E-state index in [2.05, 4.69) is 10.1 Å². The summed E-state index contributed by atoms with van der Waals surface area (Å²) in [6, 6.07) is 9.91. The van der Waals surface area contributed by atoms with Gasteiger partial charge in [0, 0.05) is 6.42 Å². The van der Waals surface area contributed by atoms with Gasteiger partial charge in [0.15, 0.2) is 17.5 Å². The Morgan fingerprint density at radius 2 is 1.69 bits per heavy atom. The molecule has 0 aromatic heterocycles. The number of anilines is 1. The quantitative estimate of drug-likeness (QED) is 0.655. The van der Waals surface area contributed by atoms with Crippen molar-refractivity contribution in [2.75, 3.05) is 12.4 Å². The molecule has 0 radical (unpaired) electrons. The molecular weight excluding hydrogens is 347 g/mol. The molecular formula is C18H12F3N3O2. The third-order valence-electron chi connectivity index (χ3n) is 3.63. The van der Waals surface area contributed by atoms with E-state index in [-0.39, 0.29) is 6.42 Å². The topological polar surface area (TPSA) is 85.9 Å². The predicted octanol–water partition coefficient (Wildman–Crippen LogP) is 3.04. The second kappa shape index (κ2) is 8.04. The van der Waals surface area contributed by atoms with Crippen LogP contribution < -0.4 is 5.32 Å². The zero-order valence-corrected chi connectivity index (χ0v) is 13.5. The molecule has 5 nitrogen and oxygen atoms in total. The van der Waals surface area contributed by atoms with Gasteiger partial charge in [-0.3, -0.25) is 0 Å². The van der Waals surface area contributed by atoms with Crippen LogP contribution in [0.25, 0.3) is 0 Å². The van der Waals surface area contributed by atoms with E-state index in [1.165, 1.54) is 12.1 Å². The van der Waals surface area contributed by atoms with Gasteiger partial charge in [-0.2, -0.15) is 10.5 Å². The molecule has 132 valence electrons. The zero-order valence-electron chi connectivity index (χ0n) is 13.5. The van der Waals surface area contributed by atoms with E-state index in [1.54, 1.807) is 30.3 Å². The van der Waals surface area contributed by atoms with Gasteiger partial charge in [0.05, 0.1) is 12.8 Å². The number of hydrogen-bond donors (Lipinski definition) is 1. The SMILES string of the molecule is COC(=O)[C@H](Cc1ccccc1)Nc1c(F)c(F)c(C#N)c(F)c1C#N. The van der Waals surface area contributed by atoms with Crippen LogP contribution in [0.4, 0.5) is 18.9 Å². The van der Waals surface area contributed by atoms with Crippen molar-refractivity contribution < 1.29 is 22.7 Å². The fourth-order valence-electron chi connectivity index (χ4n) is 2.36. The van der Waals surface area contributed by atoms with Crippen LogP contribution in [0, 0.1) is 40.1 Å². The van der Waals surface area contributed by atoms with Gasteiger partial charge in [-0.05, 0) is 5.56 Å². The fraction of sp³-hybridized carbons (Fsp3) is 0.167. The highest BCUT2D eigenvalue weighted by molar-refractivity contribution is 5.80. The Labute approximate surface area is 147 Å². The third kappa shape index (κ3) is 3.60. The number of carbonyl (C=O) groups is 1. The Morgan fingerprint density at radius 1 is 1.08 bits per heavy atom. The van der Waals surface area contributed by atoms with Gasteiger partial charge in [-0.25, -0.2) is 18.0 Å². The van der Waals surface area contributed by atoms with E-state index in [0.717, 1.165) is 7.11 Å². The second-order valence-corrected chi connectivity index (χ2v) is 5.20. The number of carbonyl (C=O) groups excluding carboxylic acids is 1. The fourth-order valence-corrected chi connectivity index (χ4v) is 2.36. The second-order valence-electron chi connectivity index (χ2n) is 5.20. The molecule has 0 aliphatic rings. The maximum absolute atomic E-state index is 14.3. The summed E-state index contributed by atoms with van der Waals surface area (Å²) in [6.45, 7) is 0. The number of nitriles is 2. The summed E-state index contributed by atoms with van der Waals surface area (Å²) in [5, 5.41) is 20.2. The van der Waals surface area contributed by atoms with Gasteiger partial charge in [-0.1, -0.05) is 30.3 Å². The summed E-state index contributed by atoms with van der Waals surface area (Å²) in [5.41, 5.74) is -2.28. The molecule has 1 N–H and O–H groups in total. The van der Waals surface area contributed by atoms with E-state index in [0.29, 0.717) is 5.56 Å². The predicted molar refractivity (Wildman–Crippen MR) is 85.3 cm³/mol. The highest BCUT2D eigenvalue weighted by Crippen LogP contribution is 2.29. The summed E-state index contributed by atoms with van der Waals surface area (Å²) in [5.74, 6) is -5.68. The molecule has 0 fully saturated rings. The van der Waals surface area contributed by atoms with Crippen molar-refractivity contribution >= 4 is 11.7 Å². The van der Waals surface area contributed by atoms with Crippen LogP contribution in [0.1, 0.15) is 16.7 Å². The summed E-state index contributed by atoms with van der Waals surface area (Å²) < 4.78 is 46.9. The van der Waals surface area contributed by atoms with Crippen LogP contribution in [0.5, 0.6) is 0 Å². The molecule has 2 aromatic carbocycles. The minimum absolute atomic E-state index is 0.0149. The van der Waals surface area contributed by atoms with E-state index in [9.17, 15) is 18.0 Å². The first-order valence-electron chi connectivity index (χ1n) is 7.33. The molecule has 0 aliphatic heterocycles. The molecule has 26 heavy (non-hydrogen) atoms. The lowest BCUT2D eigenvalue weighted by Crippen LogP contribution is -2.34. The molecule has 0 saturated heterocycles. The van der Waals surface area contributed by atoms with Gasteiger partial charge in [0.1, 0.15) is 29.3 Å². The Kier molecular flexibility index (Phi) is 5.82. The van der Waals surface area contributed by atoms with Crippen molar-refractivity contribution in [2.45, 2.75) is 12.5 Å². The number of rotatable bonds is 5. The van der Waals surface area contributed by atoms with Crippen molar-refractivity contribution in [1.29, 1.82) is 10.5 Å². The average molecular weight is 359 g/mol. The monoisotopic (exact) mass is 359 g/mol. The molecule has 0 aliphatic carbocycles. The maximum Gasteiger partial charge on any atom is 0.328 e. The smallest absolute Gasteiger partial charge is 0.328 e.